The standard InChI is InChI=1S/C27H58N4/c1-15-23(7,8)28-21-26(13,14)31(19-5,20-6)27(28)29(24(9,10)16-2)25(11,12)22-30(27,17-3)18-4/h15-22H2,1-14H3/q+2. The van der Waals surface area contributed by atoms with Crippen molar-refractivity contribution in [1.82, 2.24) is 9.80 Å². The summed E-state index contributed by atoms with van der Waals surface area (Å²) in [7, 11) is 0. The van der Waals surface area contributed by atoms with Gasteiger partial charge in [0.1, 0.15) is 12.1 Å². The van der Waals surface area contributed by atoms with Crippen molar-refractivity contribution >= 4 is 0 Å². The van der Waals surface area contributed by atoms with Crippen molar-refractivity contribution in [2.24, 2.45) is 0 Å². The third kappa shape index (κ3) is 3.14. The molecule has 0 aliphatic carbocycles. The summed E-state index contributed by atoms with van der Waals surface area (Å²) in [5.41, 5.74) is 0.566. The van der Waals surface area contributed by atoms with E-state index in [9.17, 15) is 0 Å². The summed E-state index contributed by atoms with van der Waals surface area (Å²) in [6, 6.07) is 0. The van der Waals surface area contributed by atoms with Crippen molar-refractivity contribution in [3.63, 3.8) is 0 Å². The molecule has 184 valence electrons. The third-order valence-corrected chi connectivity index (χ3v) is 10.2. The molecule has 31 heavy (non-hydrogen) atoms. The topological polar surface area (TPSA) is 6.48 Å². The number of rotatable bonds is 8. The second-order valence-electron chi connectivity index (χ2n) is 13.0. The van der Waals surface area contributed by atoms with Crippen LogP contribution in [0.2, 0.25) is 0 Å². The fourth-order valence-corrected chi connectivity index (χ4v) is 8.35. The maximum absolute atomic E-state index is 3.05. The lowest BCUT2D eigenvalue weighted by molar-refractivity contribution is -1.19. The van der Waals surface area contributed by atoms with Crippen LogP contribution in [0.1, 0.15) is 110 Å². The molecule has 0 aromatic rings. The Balaban J connectivity index is 3.18. The van der Waals surface area contributed by atoms with Gasteiger partial charge in [-0.1, -0.05) is 13.8 Å². The van der Waals surface area contributed by atoms with Gasteiger partial charge in [0, 0.05) is 11.1 Å². The molecule has 2 aliphatic rings. The van der Waals surface area contributed by atoms with Crippen molar-refractivity contribution in [3.8, 4) is 0 Å². The minimum atomic E-state index is -0.0704. The van der Waals surface area contributed by atoms with Crippen molar-refractivity contribution in [2.75, 3.05) is 39.3 Å². The van der Waals surface area contributed by atoms with Crippen molar-refractivity contribution in [3.05, 3.63) is 0 Å². The van der Waals surface area contributed by atoms with E-state index in [0.717, 1.165) is 15.5 Å². The molecule has 4 heteroatoms. The molecule has 2 heterocycles. The molecule has 1 unspecified atom stereocenters. The Morgan fingerprint density at radius 1 is 0.710 bits per heavy atom. The average molecular weight is 439 g/mol. The highest BCUT2D eigenvalue weighted by molar-refractivity contribution is 5.09. The van der Waals surface area contributed by atoms with Crippen molar-refractivity contribution in [2.45, 2.75) is 138 Å². The van der Waals surface area contributed by atoms with E-state index in [0.29, 0.717) is 0 Å². The minimum Gasteiger partial charge on any atom is -0.241 e. The summed E-state index contributed by atoms with van der Waals surface area (Å²) in [6.07, 6.45) is 2.34. The number of likely N-dealkylation sites (N-methyl/N-ethyl adjacent to an activating group) is 2. The van der Waals surface area contributed by atoms with Gasteiger partial charge in [-0.3, -0.25) is 0 Å². The largest absolute Gasteiger partial charge is 0.358 e. The first-order chi connectivity index (χ1) is 14.0. The Morgan fingerprint density at radius 3 is 1.52 bits per heavy atom. The van der Waals surface area contributed by atoms with Crippen LogP contribution in [0.4, 0.5) is 0 Å². The fourth-order valence-electron chi connectivity index (χ4n) is 8.35. The quantitative estimate of drug-likeness (QED) is 0.437. The first kappa shape index (κ1) is 27.1. The lowest BCUT2D eigenvalue weighted by atomic mass is 9.90. The Morgan fingerprint density at radius 2 is 1.16 bits per heavy atom. The van der Waals surface area contributed by atoms with Gasteiger partial charge in [0.15, 0.2) is 0 Å². The number of hydrogen-bond acceptors (Lipinski definition) is 2. The molecule has 2 saturated heterocycles. The smallest absolute Gasteiger partial charge is 0.241 e. The highest BCUT2D eigenvalue weighted by atomic mass is 15.9. The van der Waals surface area contributed by atoms with Crippen LogP contribution in [0.25, 0.3) is 0 Å². The molecule has 2 rings (SSSR count). The molecule has 0 radical (unpaired) electrons. The summed E-state index contributed by atoms with van der Waals surface area (Å²) in [5.74, 6) is -0.0704. The first-order valence-electron chi connectivity index (χ1n) is 13.3. The van der Waals surface area contributed by atoms with Gasteiger partial charge in [-0.05, 0) is 95.9 Å². The normalized spacial score (nSPS) is 30.4. The van der Waals surface area contributed by atoms with E-state index in [1.165, 1.54) is 45.6 Å². The van der Waals surface area contributed by atoms with Crippen LogP contribution in [0.15, 0.2) is 0 Å². The minimum absolute atomic E-state index is 0.0704. The summed E-state index contributed by atoms with van der Waals surface area (Å²) >= 11 is 0. The number of nitrogens with zero attached hydrogens (tertiary/aromatic N) is 4. The second-order valence-corrected chi connectivity index (χ2v) is 13.0. The molecular weight excluding hydrogens is 380 g/mol. The van der Waals surface area contributed by atoms with E-state index >= 15 is 0 Å². The molecule has 0 aromatic heterocycles. The molecule has 2 fully saturated rings. The van der Waals surface area contributed by atoms with Gasteiger partial charge in [-0.2, -0.15) is 9.80 Å². The first-order valence-corrected chi connectivity index (χ1v) is 13.3. The van der Waals surface area contributed by atoms with E-state index in [1.807, 2.05) is 0 Å². The van der Waals surface area contributed by atoms with E-state index in [1.54, 1.807) is 0 Å². The second kappa shape index (κ2) is 7.96. The lowest BCUT2D eigenvalue weighted by Gasteiger charge is -2.64. The maximum atomic E-state index is 3.05. The Bertz CT molecular complexity index is 640. The number of quaternary nitrogens is 2. The van der Waals surface area contributed by atoms with Crippen LogP contribution in [0, 0.1) is 0 Å². The third-order valence-electron chi connectivity index (χ3n) is 10.2. The molecule has 1 atom stereocenters. The van der Waals surface area contributed by atoms with Crippen LogP contribution < -0.4 is 0 Å². The zero-order valence-electron chi connectivity index (χ0n) is 23.9. The van der Waals surface area contributed by atoms with Gasteiger partial charge < -0.3 is 0 Å². The van der Waals surface area contributed by atoms with E-state index in [-0.39, 0.29) is 28.1 Å². The number of hydrogen-bond donors (Lipinski definition) is 0. The molecule has 0 saturated carbocycles. The van der Waals surface area contributed by atoms with E-state index in [2.05, 4.69) is 107 Å². The van der Waals surface area contributed by atoms with Crippen LogP contribution in [-0.2, 0) is 0 Å². The Hall–Kier alpha value is -0.160. The SMILES string of the molecule is CCC(C)(C)N1CC(C)(C)[N+](CC)(CC)C12N(C(C)(C)CC)C(C)(C)C[N+]2(CC)CC. The van der Waals surface area contributed by atoms with Gasteiger partial charge in [0.25, 0.3) is 0 Å². The fraction of sp³-hybridized carbons (Fsp3) is 1.00. The molecule has 1 spiro atoms. The zero-order chi connectivity index (χ0) is 24.3. The average Bonchev–Trinajstić information content (AvgIpc) is 3.05. The highest BCUT2D eigenvalue weighted by Gasteiger charge is 2.86. The molecule has 2 aliphatic heterocycles. The van der Waals surface area contributed by atoms with Gasteiger partial charge >= 0.3 is 5.91 Å². The molecular formula is C27H58N4+2. The molecule has 0 bridgehead atoms. The summed E-state index contributed by atoms with van der Waals surface area (Å²) < 4.78 is 2.32. The highest BCUT2D eigenvalue weighted by Crippen LogP contribution is 2.62. The monoisotopic (exact) mass is 438 g/mol. The van der Waals surface area contributed by atoms with E-state index in [4.69, 9.17) is 0 Å². The molecule has 4 nitrogen and oxygen atoms in total. The zero-order valence-corrected chi connectivity index (χ0v) is 23.9. The summed E-state index contributed by atoms with van der Waals surface area (Å²) in [5, 5.41) is 0. The van der Waals surface area contributed by atoms with Crippen molar-refractivity contribution < 1.29 is 8.97 Å². The van der Waals surface area contributed by atoms with Crippen LogP contribution in [0.3, 0.4) is 0 Å². The van der Waals surface area contributed by atoms with Crippen molar-refractivity contribution in [1.29, 1.82) is 0 Å². The van der Waals surface area contributed by atoms with Crippen LogP contribution >= 0.6 is 0 Å². The van der Waals surface area contributed by atoms with Crippen LogP contribution in [0.5, 0.6) is 0 Å². The lowest BCUT2D eigenvalue weighted by Crippen LogP contribution is -2.88. The molecule has 0 aromatic carbocycles. The van der Waals surface area contributed by atoms with Gasteiger partial charge in [-0.15, -0.1) is 0 Å². The molecule has 0 amide bonds. The maximum Gasteiger partial charge on any atom is 0.358 e. The van der Waals surface area contributed by atoms with Gasteiger partial charge in [0.05, 0.1) is 38.3 Å². The van der Waals surface area contributed by atoms with E-state index < -0.39 is 0 Å². The Labute approximate surface area is 196 Å². The van der Waals surface area contributed by atoms with Gasteiger partial charge in [-0.25, -0.2) is 8.97 Å². The summed E-state index contributed by atoms with van der Waals surface area (Å²) in [6.45, 7) is 42.0. The Kier molecular flexibility index (Phi) is 6.96. The predicted octanol–water partition coefficient (Wildman–Crippen LogP) is 5.88. The molecule has 0 N–H and O–H groups in total. The van der Waals surface area contributed by atoms with Crippen LogP contribution in [-0.4, -0.2) is 86.1 Å². The van der Waals surface area contributed by atoms with Gasteiger partial charge in [0.2, 0.25) is 0 Å². The predicted molar refractivity (Wildman–Crippen MR) is 136 cm³/mol. The summed E-state index contributed by atoms with van der Waals surface area (Å²) in [4.78, 5) is 6.07.